The smallest absolute Gasteiger partial charge is 0.230 e. The van der Waals surface area contributed by atoms with E-state index < -0.39 is 11.6 Å². The van der Waals surface area contributed by atoms with E-state index >= 15 is 0 Å². The molecule has 2 aromatic heterocycles. The van der Waals surface area contributed by atoms with E-state index in [1.165, 1.54) is 6.07 Å². The molecule has 1 N–H and O–H groups in total. The van der Waals surface area contributed by atoms with Gasteiger partial charge in [-0.15, -0.1) is 0 Å². The molecule has 5 rings (SSSR count). The van der Waals surface area contributed by atoms with Crippen molar-refractivity contribution in [1.29, 1.82) is 0 Å². The van der Waals surface area contributed by atoms with Crippen molar-refractivity contribution < 1.29 is 22.8 Å². The Kier molecular flexibility index (Phi) is 5.75. The number of anilines is 1. The van der Waals surface area contributed by atoms with Gasteiger partial charge in [-0.25, -0.2) is 4.39 Å². The highest BCUT2D eigenvalue weighted by Gasteiger charge is 2.25. The fourth-order valence-electron chi connectivity index (χ4n) is 4.24. The van der Waals surface area contributed by atoms with Gasteiger partial charge in [0.1, 0.15) is 17.0 Å². The predicted molar refractivity (Wildman–Crippen MR) is 138 cm³/mol. The zero-order valence-electron chi connectivity index (χ0n) is 20.6. The maximum absolute atomic E-state index is 14.2. The van der Waals surface area contributed by atoms with Crippen molar-refractivity contribution in [3.8, 4) is 0 Å². The van der Waals surface area contributed by atoms with Crippen LogP contribution in [0.5, 0.6) is 0 Å². The first-order valence-electron chi connectivity index (χ1n) is 11.7. The van der Waals surface area contributed by atoms with Gasteiger partial charge in [-0.05, 0) is 53.8 Å². The lowest BCUT2D eigenvalue weighted by Gasteiger charge is -2.18. The Hall–Kier alpha value is -4.19. The molecule has 2 heterocycles. The molecule has 0 spiro atoms. The van der Waals surface area contributed by atoms with Crippen molar-refractivity contribution in [2.75, 3.05) is 5.32 Å². The number of carbonyl (C=O) groups is 2. The number of rotatable bonds is 5. The first-order chi connectivity index (χ1) is 17.1. The Morgan fingerprint density at radius 2 is 1.72 bits per heavy atom. The number of aryl methyl sites for hydroxylation is 1. The summed E-state index contributed by atoms with van der Waals surface area (Å²) < 4.78 is 25.7. The van der Waals surface area contributed by atoms with Crippen LogP contribution in [0.1, 0.15) is 53.6 Å². The van der Waals surface area contributed by atoms with Crippen LogP contribution in [-0.4, -0.2) is 11.7 Å². The van der Waals surface area contributed by atoms with Crippen LogP contribution in [0.25, 0.3) is 21.9 Å². The molecular formula is C30H26FNO4. The molecule has 0 radical (unpaired) electrons. The molecule has 0 bridgehead atoms. The SMILES string of the molecule is Cc1ccc(C(=O)c2oc3ccccc3c2NC(=O)Cc2coc3ccc(C(C)(C)C)cc23)cc1F. The summed E-state index contributed by atoms with van der Waals surface area (Å²) in [5, 5.41) is 4.34. The number of halogens is 1. The zero-order chi connectivity index (χ0) is 25.6. The highest BCUT2D eigenvalue weighted by atomic mass is 19.1. The van der Waals surface area contributed by atoms with Crippen LogP contribution >= 0.6 is 0 Å². The molecule has 6 heteroatoms. The van der Waals surface area contributed by atoms with E-state index in [4.69, 9.17) is 8.83 Å². The van der Waals surface area contributed by atoms with Crippen molar-refractivity contribution in [3.05, 3.63) is 101 Å². The largest absolute Gasteiger partial charge is 0.464 e. The van der Waals surface area contributed by atoms with Gasteiger partial charge >= 0.3 is 0 Å². The molecule has 0 fully saturated rings. The number of carbonyl (C=O) groups excluding carboxylic acids is 2. The molecular weight excluding hydrogens is 457 g/mol. The molecule has 0 aliphatic heterocycles. The van der Waals surface area contributed by atoms with Gasteiger partial charge in [0.25, 0.3) is 0 Å². The van der Waals surface area contributed by atoms with E-state index in [2.05, 4.69) is 32.2 Å². The highest BCUT2D eigenvalue weighted by Crippen LogP contribution is 2.34. The molecule has 0 aliphatic rings. The maximum atomic E-state index is 14.2. The van der Waals surface area contributed by atoms with Crippen LogP contribution in [0, 0.1) is 12.7 Å². The third kappa shape index (κ3) is 4.31. The Labute approximate surface area is 207 Å². The Bertz CT molecular complexity index is 1630. The predicted octanol–water partition coefficient (Wildman–Crippen LogP) is 7.34. The van der Waals surface area contributed by atoms with Crippen LogP contribution in [-0.2, 0) is 16.6 Å². The molecule has 0 atom stereocenters. The molecule has 0 saturated heterocycles. The molecule has 0 unspecified atom stereocenters. The van der Waals surface area contributed by atoms with Gasteiger partial charge in [0.15, 0.2) is 5.76 Å². The van der Waals surface area contributed by atoms with E-state index in [1.54, 1.807) is 49.6 Å². The molecule has 36 heavy (non-hydrogen) atoms. The van der Waals surface area contributed by atoms with Crippen molar-refractivity contribution in [1.82, 2.24) is 0 Å². The number of para-hydroxylation sites is 1. The third-order valence-electron chi connectivity index (χ3n) is 6.37. The first kappa shape index (κ1) is 23.5. The average molecular weight is 484 g/mol. The van der Waals surface area contributed by atoms with Gasteiger partial charge in [0.05, 0.1) is 18.4 Å². The lowest BCUT2D eigenvalue weighted by molar-refractivity contribution is -0.115. The Morgan fingerprint density at radius 3 is 2.47 bits per heavy atom. The Balaban J connectivity index is 1.49. The van der Waals surface area contributed by atoms with Gasteiger partial charge in [-0.3, -0.25) is 9.59 Å². The van der Waals surface area contributed by atoms with E-state index in [-0.39, 0.29) is 34.8 Å². The summed E-state index contributed by atoms with van der Waals surface area (Å²) >= 11 is 0. The van der Waals surface area contributed by atoms with Gasteiger partial charge < -0.3 is 14.2 Å². The number of nitrogens with one attached hydrogen (secondary N) is 1. The molecule has 3 aromatic carbocycles. The fraction of sp³-hybridized carbons (Fsp3) is 0.200. The van der Waals surface area contributed by atoms with Crippen molar-refractivity contribution in [3.63, 3.8) is 0 Å². The second kappa shape index (κ2) is 8.79. The topological polar surface area (TPSA) is 72.5 Å². The van der Waals surface area contributed by atoms with Crippen LogP contribution in [0.2, 0.25) is 0 Å². The number of ketones is 1. The minimum Gasteiger partial charge on any atom is -0.464 e. The monoisotopic (exact) mass is 483 g/mol. The first-order valence-corrected chi connectivity index (χ1v) is 11.7. The van der Waals surface area contributed by atoms with Gasteiger partial charge in [-0.1, -0.05) is 51.1 Å². The molecule has 5 nitrogen and oxygen atoms in total. The Morgan fingerprint density at radius 1 is 0.944 bits per heavy atom. The van der Waals surface area contributed by atoms with Crippen molar-refractivity contribution >= 4 is 39.3 Å². The second-order valence-electron chi connectivity index (χ2n) is 10.0. The molecule has 182 valence electrons. The quantitative estimate of drug-likeness (QED) is 0.266. The number of furan rings is 2. The molecule has 0 aliphatic carbocycles. The standard InChI is InChI=1S/C30H26FNO4/c1-17-9-10-18(13-23(17)31)28(34)29-27(21-7-5-6-8-25(21)36-29)32-26(33)14-19-16-35-24-12-11-20(15-22(19)24)30(2,3)4/h5-13,15-16H,14H2,1-4H3,(H,32,33). The summed E-state index contributed by atoms with van der Waals surface area (Å²) in [6, 6.07) is 17.3. The van der Waals surface area contributed by atoms with Crippen molar-refractivity contribution in [2.24, 2.45) is 0 Å². The average Bonchev–Trinajstić information content (AvgIpc) is 3.41. The van der Waals surface area contributed by atoms with Crippen LogP contribution in [0.15, 0.2) is 75.8 Å². The number of benzene rings is 3. The molecule has 5 aromatic rings. The van der Waals surface area contributed by atoms with Gasteiger partial charge in [0.2, 0.25) is 11.7 Å². The van der Waals surface area contributed by atoms with Crippen molar-refractivity contribution in [2.45, 2.75) is 39.5 Å². The lowest BCUT2D eigenvalue weighted by atomic mass is 9.86. The molecule has 0 saturated carbocycles. The summed E-state index contributed by atoms with van der Waals surface area (Å²) in [6.45, 7) is 8.01. The van der Waals surface area contributed by atoms with E-state index in [0.717, 1.165) is 16.5 Å². The maximum Gasteiger partial charge on any atom is 0.230 e. The number of hydrogen-bond acceptors (Lipinski definition) is 4. The minimum absolute atomic E-state index is 0.0418. The fourth-order valence-corrected chi connectivity index (χ4v) is 4.24. The second-order valence-corrected chi connectivity index (χ2v) is 10.0. The zero-order valence-corrected chi connectivity index (χ0v) is 20.6. The summed E-state index contributed by atoms with van der Waals surface area (Å²) in [5.41, 5.74) is 3.83. The van der Waals surface area contributed by atoms with Gasteiger partial charge in [-0.2, -0.15) is 0 Å². The lowest BCUT2D eigenvalue weighted by Crippen LogP contribution is -2.16. The highest BCUT2D eigenvalue weighted by molar-refractivity contribution is 6.17. The van der Waals surface area contributed by atoms with Crippen LogP contribution in [0.3, 0.4) is 0 Å². The van der Waals surface area contributed by atoms with E-state index in [0.29, 0.717) is 22.1 Å². The minimum atomic E-state index is -0.510. The van der Waals surface area contributed by atoms with Crippen LogP contribution < -0.4 is 5.32 Å². The summed E-state index contributed by atoms with van der Waals surface area (Å²) in [7, 11) is 0. The number of fused-ring (bicyclic) bond motifs is 2. The molecule has 1 amide bonds. The normalized spacial score (nSPS) is 11.8. The van der Waals surface area contributed by atoms with Gasteiger partial charge in [0, 0.05) is 21.9 Å². The summed E-state index contributed by atoms with van der Waals surface area (Å²) in [4.78, 5) is 26.5. The van der Waals surface area contributed by atoms with E-state index in [9.17, 15) is 14.0 Å². The van der Waals surface area contributed by atoms with Crippen LogP contribution in [0.4, 0.5) is 10.1 Å². The number of amides is 1. The van der Waals surface area contributed by atoms with E-state index in [1.807, 2.05) is 12.1 Å². The summed E-state index contributed by atoms with van der Waals surface area (Å²) in [6.07, 6.45) is 1.64. The number of hydrogen-bond donors (Lipinski definition) is 1. The third-order valence-corrected chi connectivity index (χ3v) is 6.37. The summed E-state index contributed by atoms with van der Waals surface area (Å²) in [5.74, 6) is -1.36.